The Hall–Kier alpha value is -0.640. The molecule has 0 fully saturated rings. The van der Waals surface area contributed by atoms with Gasteiger partial charge in [0.2, 0.25) is 0 Å². The predicted molar refractivity (Wildman–Crippen MR) is 63.7 cm³/mol. The molecule has 68 valence electrons. The first-order valence-corrected chi connectivity index (χ1v) is 5.27. The zero-order valence-corrected chi connectivity index (χ0v) is 9.61. The molecule has 0 spiro atoms. The maximum absolute atomic E-state index is 11.2. The second-order valence-corrected chi connectivity index (χ2v) is 3.84. The molecule has 0 aromatic heterocycles. The van der Waals surface area contributed by atoms with Crippen molar-refractivity contribution >= 4 is 34.5 Å². The molecule has 0 amide bonds. The minimum absolute atomic E-state index is 0.199. The van der Waals surface area contributed by atoms with Crippen LogP contribution in [0, 0.1) is 0 Å². The van der Waals surface area contributed by atoms with E-state index in [2.05, 4.69) is 22.6 Å². The van der Waals surface area contributed by atoms with E-state index in [-0.39, 0.29) is 5.78 Å². The molecule has 1 nitrogen and oxygen atoms in total. The lowest BCUT2D eigenvalue weighted by molar-refractivity contribution is -0.114. The van der Waals surface area contributed by atoms with Crippen LogP contribution in [0.3, 0.4) is 0 Å². The van der Waals surface area contributed by atoms with Gasteiger partial charge in [0.1, 0.15) is 0 Å². The van der Waals surface area contributed by atoms with Crippen LogP contribution < -0.4 is 0 Å². The normalized spacial score (nSPS) is 11.4. The first kappa shape index (κ1) is 10.4. The number of halogens is 1. The minimum Gasteiger partial charge on any atom is -0.294 e. The Balaban J connectivity index is 2.83. The molecule has 0 N–H and O–H groups in total. The van der Waals surface area contributed by atoms with Gasteiger partial charge >= 0.3 is 0 Å². The van der Waals surface area contributed by atoms with E-state index in [9.17, 15) is 4.79 Å². The summed E-state index contributed by atoms with van der Waals surface area (Å²) in [6.45, 7) is 1.87. The van der Waals surface area contributed by atoms with Gasteiger partial charge in [-0.15, -0.1) is 0 Å². The van der Waals surface area contributed by atoms with Gasteiger partial charge in [0, 0.05) is 6.42 Å². The van der Waals surface area contributed by atoms with E-state index >= 15 is 0 Å². The van der Waals surface area contributed by atoms with Crippen molar-refractivity contribution in [2.45, 2.75) is 13.3 Å². The number of carbonyl (C=O) groups excluding carboxylic acids is 1. The van der Waals surface area contributed by atoms with Gasteiger partial charge in [-0.2, -0.15) is 0 Å². The van der Waals surface area contributed by atoms with E-state index in [4.69, 9.17) is 0 Å². The smallest absolute Gasteiger partial charge is 0.168 e. The fourth-order valence-electron chi connectivity index (χ4n) is 0.945. The number of hydrogen-bond donors (Lipinski definition) is 0. The van der Waals surface area contributed by atoms with Crippen LogP contribution in [0.15, 0.2) is 33.9 Å². The molecule has 0 aliphatic carbocycles. The van der Waals surface area contributed by atoms with Gasteiger partial charge in [-0.25, -0.2) is 0 Å². The standard InChI is InChI=1S/C11H11IO/c1-2-11(13)10(12)8-9-6-4-3-5-7-9/h3-8H,2H2,1H3/b10-8-. The first-order valence-electron chi connectivity index (χ1n) is 4.19. The third kappa shape index (κ3) is 3.30. The minimum atomic E-state index is 0.199. The third-order valence-corrected chi connectivity index (χ3v) is 2.59. The van der Waals surface area contributed by atoms with Crippen molar-refractivity contribution in [2.24, 2.45) is 0 Å². The average molecular weight is 286 g/mol. The molecule has 0 aliphatic heterocycles. The summed E-state index contributed by atoms with van der Waals surface area (Å²) in [5, 5.41) is 0. The number of hydrogen-bond acceptors (Lipinski definition) is 1. The van der Waals surface area contributed by atoms with Gasteiger partial charge in [0.15, 0.2) is 5.78 Å². The van der Waals surface area contributed by atoms with E-state index in [0.29, 0.717) is 6.42 Å². The quantitative estimate of drug-likeness (QED) is 0.614. The summed E-state index contributed by atoms with van der Waals surface area (Å²) in [6, 6.07) is 9.87. The Kier molecular flexibility index (Phi) is 4.15. The SMILES string of the molecule is CCC(=O)/C(I)=C/c1ccccc1. The Morgan fingerprint density at radius 2 is 2.00 bits per heavy atom. The lowest BCUT2D eigenvalue weighted by Crippen LogP contribution is -1.92. The van der Waals surface area contributed by atoms with E-state index in [1.165, 1.54) is 0 Å². The Bertz CT molecular complexity index is 314. The summed E-state index contributed by atoms with van der Waals surface area (Å²) in [6.07, 6.45) is 2.48. The molecule has 0 aliphatic rings. The summed E-state index contributed by atoms with van der Waals surface area (Å²) in [4.78, 5) is 11.2. The van der Waals surface area contributed by atoms with Gasteiger partial charge < -0.3 is 0 Å². The molecule has 2 heteroatoms. The topological polar surface area (TPSA) is 17.1 Å². The van der Waals surface area contributed by atoms with Gasteiger partial charge in [-0.3, -0.25) is 4.79 Å². The monoisotopic (exact) mass is 286 g/mol. The second kappa shape index (κ2) is 5.17. The Morgan fingerprint density at radius 3 is 2.54 bits per heavy atom. The van der Waals surface area contributed by atoms with Crippen LogP contribution in [0.1, 0.15) is 18.9 Å². The number of carbonyl (C=O) groups is 1. The largest absolute Gasteiger partial charge is 0.294 e. The average Bonchev–Trinajstić information content (AvgIpc) is 2.18. The second-order valence-electron chi connectivity index (χ2n) is 2.68. The maximum Gasteiger partial charge on any atom is 0.168 e. The number of allylic oxidation sites excluding steroid dienone is 1. The van der Waals surface area contributed by atoms with Gasteiger partial charge in [-0.05, 0) is 34.2 Å². The summed E-state index contributed by atoms with van der Waals surface area (Å²) >= 11 is 2.08. The van der Waals surface area contributed by atoms with Crippen molar-refractivity contribution in [3.8, 4) is 0 Å². The summed E-state index contributed by atoms with van der Waals surface area (Å²) in [5.74, 6) is 0.199. The zero-order chi connectivity index (χ0) is 9.68. The molecule has 0 unspecified atom stereocenters. The molecule has 0 saturated heterocycles. The van der Waals surface area contributed by atoms with Gasteiger partial charge in [0.25, 0.3) is 0 Å². The zero-order valence-electron chi connectivity index (χ0n) is 7.46. The maximum atomic E-state index is 11.2. The van der Waals surface area contributed by atoms with Crippen molar-refractivity contribution in [3.05, 3.63) is 39.5 Å². The Morgan fingerprint density at radius 1 is 1.38 bits per heavy atom. The number of benzene rings is 1. The molecule has 0 radical (unpaired) electrons. The molecule has 0 bridgehead atoms. The molecule has 0 atom stereocenters. The van der Waals surface area contributed by atoms with Crippen LogP contribution in [0.5, 0.6) is 0 Å². The fraction of sp³-hybridized carbons (Fsp3) is 0.182. The molecular weight excluding hydrogens is 275 g/mol. The molecule has 1 rings (SSSR count). The predicted octanol–water partition coefficient (Wildman–Crippen LogP) is 3.44. The lowest BCUT2D eigenvalue weighted by Gasteiger charge is -1.95. The summed E-state index contributed by atoms with van der Waals surface area (Å²) < 4.78 is 0.798. The summed E-state index contributed by atoms with van der Waals surface area (Å²) in [5.41, 5.74) is 1.08. The van der Waals surface area contributed by atoms with Crippen LogP contribution in [-0.4, -0.2) is 5.78 Å². The highest BCUT2D eigenvalue weighted by atomic mass is 127. The van der Waals surface area contributed by atoms with Crippen LogP contribution in [0.2, 0.25) is 0 Å². The van der Waals surface area contributed by atoms with E-state index in [1.807, 2.05) is 43.3 Å². The van der Waals surface area contributed by atoms with Crippen molar-refractivity contribution in [1.29, 1.82) is 0 Å². The van der Waals surface area contributed by atoms with Crippen molar-refractivity contribution in [3.63, 3.8) is 0 Å². The highest BCUT2D eigenvalue weighted by Gasteiger charge is 2.01. The van der Waals surface area contributed by atoms with Gasteiger partial charge in [0.05, 0.1) is 3.58 Å². The van der Waals surface area contributed by atoms with Crippen molar-refractivity contribution in [2.75, 3.05) is 0 Å². The number of rotatable bonds is 3. The van der Waals surface area contributed by atoms with Gasteiger partial charge in [-0.1, -0.05) is 37.3 Å². The number of ketones is 1. The molecule has 1 aromatic carbocycles. The van der Waals surface area contributed by atoms with E-state index in [1.54, 1.807) is 0 Å². The van der Waals surface area contributed by atoms with Crippen LogP contribution in [0.4, 0.5) is 0 Å². The molecule has 0 saturated carbocycles. The fourth-order valence-corrected chi connectivity index (χ4v) is 1.69. The molecule has 13 heavy (non-hydrogen) atoms. The van der Waals surface area contributed by atoms with E-state index in [0.717, 1.165) is 9.14 Å². The van der Waals surface area contributed by atoms with Crippen molar-refractivity contribution < 1.29 is 4.79 Å². The van der Waals surface area contributed by atoms with E-state index < -0.39 is 0 Å². The van der Waals surface area contributed by atoms with Crippen LogP contribution in [-0.2, 0) is 4.79 Å². The summed E-state index contributed by atoms with van der Waals surface area (Å²) in [7, 11) is 0. The highest BCUT2D eigenvalue weighted by molar-refractivity contribution is 14.1. The molecular formula is C11H11IO. The third-order valence-electron chi connectivity index (χ3n) is 1.68. The lowest BCUT2D eigenvalue weighted by atomic mass is 10.2. The highest BCUT2D eigenvalue weighted by Crippen LogP contribution is 2.14. The number of Topliss-reactive ketones (excluding diaryl/α,β-unsaturated/α-hetero) is 1. The first-order chi connectivity index (χ1) is 6.24. The van der Waals surface area contributed by atoms with Crippen LogP contribution >= 0.6 is 22.6 Å². The van der Waals surface area contributed by atoms with Crippen LogP contribution in [0.25, 0.3) is 6.08 Å². The Labute approximate surface area is 92.0 Å². The van der Waals surface area contributed by atoms with Crippen molar-refractivity contribution in [1.82, 2.24) is 0 Å². The molecule has 0 heterocycles. The molecule has 1 aromatic rings.